The number of methoxy groups -OCH3 is 1. The van der Waals surface area contributed by atoms with E-state index in [4.69, 9.17) is 14.5 Å². The molecule has 0 bridgehead atoms. The molecule has 1 saturated heterocycles. The molecule has 10 nitrogen and oxygen atoms in total. The quantitative estimate of drug-likeness (QED) is 0.613. The monoisotopic (exact) mass is 419 g/mol. The molecule has 0 radical (unpaired) electrons. The predicted molar refractivity (Wildman–Crippen MR) is 109 cm³/mol. The lowest BCUT2D eigenvalue weighted by Crippen LogP contribution is -2.23. The molecule has 0 saturated carbocycles. The van der Waals surface area contributed by atoms with Gasteiger partial charge in [-0.05, 0) is 37.1 Å². The van der Waals surface area contributed by atoms with Gasteiger partial charge in [-0.25, -0.2) is 9.97 Å². The summed E-state index contributed by atoms with van der Waals surface area (Å²) in [4.78, 5) is 26.8. The van der Waals surface area contributed by atoms with Crippen LogP contribution in [0.3, 0.4) is 0 Å². The summed E-state index contributed by atoms with van der Waals surface area (Å²) >= 11 is 0. The molecule has 1 aromatic carbocycles. The molecule has 0 spiro atoms. The summed E-state index contributed by atoms with van der Waals surface area (Å²) in [5, 5.41) is 15.9. The molecule has 1 amide bonds. The second-order valence-electron chi connectivity index (χ2n) is 7.16. The van der Waals surface area contributed by atoms with Crippen LogP contribution in [0.25, 0.3) is 11.4 Å². The van der Waals surface area contributed by atoms with Crippen LogP contribution in [0.2, 0.25) is 0 Å². The van der Waals surface area contributed by atoms with E-state index in [1.807, 2.05) is 18.2 Å². The van der Waals surface area contributed by atoms with Crippen LogP contribution in [0.4, 0.5) is 5.82 Å². The Morgan fingerprint density at radius 2 is 2.35 bits per heavy atom. The zero-order valence-electron chi connectivity index (χ0n) is 17.0. The Labute approximate surface area is 178 Å². The van der Waals surface area contributed by atoms with Gasteiger partial charge in [-0.3, -0.25) is 9.69 Å². The third-order valence-electron chi connectivity index (χ3n) is 5.02. The third kappa shape index (κ3) is 4.74. The number of nitriles is 1. The average Bonchev–Trinajstić information content (AvgIpc) is 3.44. The Hall–Kier alpha value is -3.68. The first-order valence-electron chi connectivity index (χ1n) is 9.84. The standard InChI is InChI=1S/C21H21N7O3/c1-30-12-18(29)25-19-16(10-23-13-24-19)20-26-21(31-27-20)17-6-3-7-28(17)11-15-5-2-4-14(8-15)9-22/h2,4-5,8,10,13,17H,3,6-7,11-12H2,1H3,(H,23,24,25,29)/t17-/m1/s1. The van der Waals surface area contributed by atoms with Crippen molar-refractivity contribution in [1.82, 2.24) is 25.0 Å². The van der Waals surface area contributed by atoms with Crippen molar-refractivity contribution in [3.63, 3.8) is 0 Å². The van der Waals surface area contributed by atoms with Gasteiger partial charge in [0.1, 0.15) is 18.8 Å². The van der Waals surface area contributed by atoms with Crippen LogP contribution in [-0.2, 0) is 16.1 Å². The molecule has 1 atom stereocenters. The van der Waals surface area contributed by atoms with Crippen LogP contribution in [0, 0.1) is 11.3 Å². The van der Waals surface area contributed by atoms with E-state index in [9.17, 15) is 4.79 Å². The number of ether oxygens (including phenoxy) is 1. The van der Waals surface area contributed by atoms with Gasteiger partial charge in [-0.1, -0.05) is 17.3 Å². The number of anilines is 1. The highest BCUT2D eigenvalue weighted by Crippen LogP contribution is 2.34. The van der Waals surface area contributed by atoms with Crippen LogP contribution >= 0.6 is 0 Å². The molecule has 4 rings (SSSR count). The fourth-order valence-electron chi connectivity index (χ4n) is 3.64. The molecule has 2 aromatic heterocycles. The summed E-state index contributed by atoms with van der Waals surface area (Å²) in [5.74, 6) is 0.761. The number of hydrogen-bond donors (Lipinski definition) is 1. The highest BCUT2D eigenvalue weighted by molar-refractivity contribution is 5.93. The van der Waals surface area contributed by atoms with Gasteiger partial charge in [0.25, 0.3) is 5.91 Å². The van der Waals surface area contributed by atoms with Crippen LogP contribution < -0.4 is 5.32 Å². The first-order chi connectivity index (χ1) is 15.2. The van der Waals surface area contributed by atoms with E-state index in [0.29, 0.717) is 35.2 Å². The van der Waals surface area contributed by atoms with Gasteiger partial charge >= 0.3 is 0 Å². The molecular formula is C21H21N7O3. The average molecular weight is 419 g/mol. The minimum atomic E-state index is -0.340. The van der Waals surface area contributed by atoms with Crippen molar-refractivity contribution in [3.8, 4) is 17.5 Å². The smallest absolute Gasteiger partial charge is 0.251 e. The van der Waals surface area contributed by atoms with E-state index in [0.717, 1.165) is 24.9 Å². The van der Waals surface area contributed by atoms with E-state index in [1.165, 1.54) is 19.6 Å². The molecule has 3 heterocycles. The number of carbonyl (C=O) groups excluding carboxylic acids is 1. The first-order valence-corrected chi connectivity index (χ1v) is 9.84. The SMILES string of the molecule is COCC(=O)Nc1ncncc1-c1noc([C@H]2CCCN2Cc2cccc(C#N)c2)n1. The number of likely N-dealkylation sites (tertiary alicyclic amines) is 1. The van der Waals surface area contributed by atoms with E-state index in [1.54, 1.807) is 6.07 Å². The van der Waals surface area contributed by atoms with Crippen molar-refractivity contribution in [3.05, 3.63) is 53.8 Å². The summed E-state index contributed by atoms with van der Waals surface area (Å²) in [7, 11) is 1.44. The van der Waals surface area contributed by atoms with Crippen molar-refractivity contribution in [2.24, 2.45) is 0 Å². The maximum atomic E-state index is 11.9. The van der Waals surface area contributed by atoms with Gasteiger partial charge in [-0.2, -0.15) is 10.2 Å². The van der Waals surface area contributed by atoms with Crippen molar-refractivity contribution in [2.45, 2.75) is 25.4 Å². The van der Waals surface area contributed by atoms with Crippen molar-refractivity contribution in [2.75, 3.05) is 25.6 Å². The van der Waals surface area contributed by atoms with Gasteiger partial charge in [0.15, 0.2) is 0 Å². The number of hydrogen-bond acceptors (Lipinski definition) is 9. The van der Waals surface area contributed by atoms with Crippen LogP contribution in [-0.4, -0.2) is 51.2 Å². The number of carbonyl (C=O) groups is 1. The summed E-state index contributed by atoms with van der Waals surface area (Å²) in [6.45, 7) is 1.49. The minimum Gasteiger partial charge on any atom is -0.375 e. The summed E-state index contributed by atoms with van der Waals surface area (Å²) in [5.41, 5.74) is 2.17. The van der Waals surface area contributed by atoms with Gasteiger partial charge in [-0.15, -0.1) is 0 Å². The topological polar surface area (TPSA) is 130 Å². The zero-order chi connectivity index (χ0) is 21.6. The number of amides is 1. The van der Waals surface area contributed by atoms with Gasteiger partial charge in [0, 0.05) is 19.9 Å². The largest absolute Gasteiger partial charge is 0.375 e. The van der Waals surface area contributed by atoms with Crippen molar-refractivity contribution < 1.29 is 14.1 Å². The maximum absolute atomic E-state index is 11.9. The lowest BCUT2D eigenvalue weighted by Gasteiger charge is -2.21. The fourth-order valence-corrected chi connectivity index (χ4v) is 3.64. The highest BCUT2D eigenvalue weighted by atomic mass is 16.5. The van der Waals surface area contributed by atoms with Gasteiger partial charge < -0.3 is 14.6 Å². The number of nitrogens with zero attached hydrogens (tertiary/aromatic N) is 6. The normalized spacial score (nSPS) is 16.2. The Morgan fingerprint density at radius 3 is 3.19 bits per heavy atom. The highest BCUT2D eigenvalue weighted by Gasteiger charge is 2.31. The third-order valence-corrected chi connectivity index (χ3v) is 5.02. The van der Waals surface area contributed by atoms with Crippen LogP contribution in [0.15, 0.2) is 41.3 Å². The summed E-state index contributed by atoms with van der Waals surface area (Å²) < 4.78 is 10.4. The molecule has 1 aliphatic heterocycles. The molecule has 0 aliphatic carbocycles. The number of nitrogens with one attached hydrogen (secondary N) is 1. The fraction of sp³-hybridized carbons (Fsp3) is 0.333. The Morgan fingerprint density at radius 1 is 1.45 bits per heavy atom. The summed E-state index contributed by atoms with van der Waals surface area (Å²) in [6.07, 6.45) is 4.76. The van der Waals surface area contributed by atoms with E-state index < -0.39 is 0 Å². The number of rotatable bonds is 7. The first kappa shape index (κ1) is 20.6. The Bertz CT molecular complexity index is 1110. The van der Waals surface area contributed by atoms with Crippen molar-refractivity contribution >= 4 is 11.7 Å². The molecule has 10 heteroatoms. The minimum absolute atomic E-state index is 0.0249. The molecule has 1 fully saturated rings. The molecule has 158 valence electrons. The van der Waals surface area contributed by atoms with Gasteiger partial charge in [0.05, 0.1) is 23.2 Å². The Balaban J connectivity index is 1.53. The maximum Gasteiger partial charge on any atom is 0.251 e. The molecule has 0 unspecified atom stereocenters. The predicted octanol–water partition coefficient (Wildman–Crippen LogP) is 2.32. The molecule has 31 heavy (non-hydrogen) atoms. The molecular weight excluding hydrogens is 398 g/mol. The van der Waals surface area contributed by atoms with Crippen LogP contribution in [0.5, 0.6) is 0 Å². The second kappa shape index (κ2) is 9.42. The molecule has 3 aromatic rings. The lowest BCUT2D eigenvalue weighted by molar-refractivity contribution is -0.119. The van der Waals surface area contributed by atoms with E-state index in [-0.39, 0.29) is 18.6 Å². The Kier molecular flexibility index (Phi) is 6.26. The number of aromatic nitrogens is 4. The van der Waals surface area contributed by atoms with Crippen molar-refractivity contribution in [1.29, 1.82) is 5.26 Å². The summed E-state index contributed by atoms with van der Waals surface area (Å²) in [6, 6.07) is 9.73. The lowest BCUT2D eigenvalue weighted by atomic mass is 10.1. The zero-order valence-corrected chi connectivity index (χ0v) is 17.0. The van der Waals surface area contributed by atoms with Gasteiger partial charge in [0.2, 0.25) is 11.7 Å². The van der Waals surface area contributed by atoms with Crippen LogP contribution in [0.1, 0.15) is 35.9 Å². The number of benzene rings is 1. The van der Waals surface area contributed by atoms with E-state index >= 15 is 0 Å². The molecule has 1 aliphatic rings. The second-order valence-corrected chi connectivity index (χ2v) is 7.16. The molecule has 1 N–H and O–H groups in total. The van der Waals surface area contributed by atoms with E-state index in [2.05, 4.69) is 36.4 Å².